The van der Waals surface area contributed by atoms with Gasteiger partial charge in [0.1, 0.15) is 6.17 Å². The number of aliphatic imine (C=N–C) groups is 1. The molecule has 0 heterocycles. The van der Waals surface area contributed by atoms with Crippen LogP contribution in [0.5, 0.6) is 0 Å². The van der Waals surface area contributed by atoms with Crippen molar-refractivity contribution in [3.05, 3.63) is 0 Å². The molecule has 14 heavy (non-hydrogen) atoms. The second kappa shape index (κ2) is 5.14. The van der Waals surface area contributed by atoms with E-state index in [4.69, 9.17) is 0 Å². The first-order chi connectivity index (χ1) is 6.29. The zero-order valence-corrected chi connectivity index (χ0v) is 9.42. The fraction of sp³-hybridized carbons (Fsp3) is 0.857. The van der Waals surface area contributed by atoms with Crippen LogP contribution in [-0.2, 0) is 9.84 Å². The first-order valence-corrected chi connectivity index (χ1v) is 5.90. The van der Waals surface area contributed by atoms with Crippen molar-refractivity contribution in [2.24, 2.45) is 15.2 Å². The molecule has 2 atom stereocenters. The van der Waals surface area contributed by atoms with Crippen LogP contribution in [0.25, 0.3) is 0 Å². The molecule has 0 bridgehead atoms. The minimum absolute atomic E-state index is 0.384. The number of nitrogens with zero attached hydrogens (tertiary/aromatic N) is 3. The molecule has 0 aliphatic rings. The van der Waals surface area contributed by atoms with Gasteiger partial charge in [0.05, 0.1) is 6.04 Å². The summed E-state index contributed by atoms with van der Waals surface area (Å²) >= 11 is 0. The van der Waals surface area contributed by atoms with Crippen LogP contribution in [0.15, 0.2) is 15.2 Å². The van der Waals surface area contributed by atoms with Gasteiger partial charge in [0, 0.05) is 13.3 Å². The molecule has 7 heteroatoms. The van der Waals surface area contributed by atoms with Crippen LogP contribution in [0.2, 0.25) is 0 Å². The Labute approximate surface area is 83.1 Å². The van der Waals surface area contributed by atoms with Crippen LogP contribution in [0.1, 0.15) is 13.8 Å². The van der Waals surface area contributed by atoms with Gasteiger partial charge in [0.2, 0.25) is 9.84 Å². The largest absolute Gasteiger partial charge is 0.261 e. The summed E-state index contributed by atoms with van der Waals surface area (Å²) < 4.78 is 34.5. The lowest BCUT2D eigenvalue weighted by Gasteiger charge is -2.04. The highest BCUT2D eigenvalue weighted by Crippen LogP contribution is 2.03. The van der Waals surface area contributed by atoms with Crippen LogP contribution in [0.3, 0.4) is 0 Å². The van der Waals surface area contributed by atoms with Crippen molar-refractivity contribution in [2.45, 2.75) is 26.1 Å². The summed E-state index contributed by atoms with van der Waals surface area (Å²) in [6, 6.07) is -0.673. The fourth-order valence-electron chi connectivity index (χ4n) is 0.517. The molecule has 0 aromatic rings. The third-order valence-electron chi connectivity index (χ3n) is 1.51. The first kappa shape index (κ1) is 13.2. The first-order valence-electron chi connectivity index (χ1n) is 4.00. The van der Waals surface area contributed by atoms with Gasteiger partial charge >= 0.3 is 0 Å². The SMILES string of the molecule is C/N=C(\N=N/C(C)C(C)F)S(C)(=O)=O. The van der Waals surface area contributed by atoms with Crippen molar-refractivity contribution in [1.29, 1.82) is 0 Å². The number of azo groups is 1. The van der Waals surface area contributed by atoms with Crippen LogP contribution in [0, 0.1) is 0 Å². The van der Waals surface area contributed by atoms with Crippen molar-refractivity contribution < 1.29 is 12.8 Å². The third-order valence-corrected chi connectivity index (χ3v) is 2.44. The number of hydrogen-bond acceptors (Lipinski definition) is 4. The minimum atomic E-state index is -3.47. The Kier molecular flexibility index (Phi) is 4.82. The quantitative estimate of drug-likeness (QED) is 0.401. The lowest BCUT2D eigenvalue weighted by molar-refractivity contribution is 0.314. The van der Waals surface area contributed by atoms with Crippen molar-refractivity contribution in [2.75, 3.05) is 13.3 Å². The van der Waals surface area contributed by atoms with E-state index in [0.717, 1.165) is 6.26 Å². The Balaban J connectivity index is 4.67. The standard InChI is InChI=1S/C7H14FN3O2S/c1-5(8)6(2)10-11-7(9-3)14(4,12)13/h5-6H,1-4H3/b9-7+,11-10-. The van der Waals surface area contributed by atoms with Gasteiger partial charge in [0.15, 0.2) is 0 Å². The van der Waals surface area contributed by atoms with Crippen LogP contribution in [-0.4, -0.2) is 39.1 Å². The molecule has 0 aliphatic carbocycles. The number of rotatable bonds is 2. The molecule has 0 rings (SSSR count). The third kappa shape index (κ3) is 4.40. The van der Waals surface area contributed by atoms with Gasteiger partial charge in [-0.2, -0.15) is 5.11 Å². The van der Waals surface area contributed by atoms with E-state index in [2.05, 4.69) is 15.2 Å². The predicted octanol–water partition coefficient (Wildman–Crippen LogP) is 1.22. The number of sulfone groups is 1. The summed E-state index contributed by atoms with van der Waals surface area (Å²) in [5.41, 5.74) is 0. The molecule has 0 radical (unpaired) electrons. The van der Waals surface area contributed by atoms with Crippen molar-refractivity contribution >= 4 is 15.0 Å². The molecule has 0 fully saturated rings. The maximum atomic E-state index is 12.6. The van der Waals surface area contributed by atoms with Gasteiger partial charge in [-0.25, -0.2) is 12.8 Å². The molecular formula is C7H14FN3O2S. The Morgan fingerprint density at radius 1 is 1.36 bits per heavy atom. The molecule has 5 nitrogen and oxygen atoms in total. The Hall–Kier alpha value is -0.850. The molecule has 0 aromatic carbocycles. The highest BCUT2D eigenvalue weighted by atomic mass is 32.2. The van der Waals surface area contributed by atoms with Crippen molar-refractivity contribution in [1.82, 2.24) is 0 Å². The predicted molar refractivity (Wildman–Crippen MR) is 53.1 cm³/mol. The fourth-order valence-corrected chi connectivity index (χ4v) is 1.04. The second-order valence-electron chi connectivity index (χ2n) is 2.91. The van der Waals surface area contributed by atoms with Crippen molar-refractivity contribution in [3.8, 4) is 0 Å². The van der Waals surface area contributed by atoms with Gasteiger partial charge in [-0.15, -0.1) is 5.11 Å². The normalized spacial score (nSPS) is 18.5. The van der Waals surface area contributed by atoms with Gasteiger partial charge in [-0.05, 0) is 13.8 Å². The Morgan fingerprint density at radius 2 is 1.86 bits per heavy atom. The van der Waals surface area contributed by atoms with E-state index in [1.165, 1.54) is 20.9 Å². The molecule has 0 saturated carbocycles. The average molecular weight is 223 g/mol. The van der Waals surface area contributed by atoms with E-state index >= 15 is 0 Å². The average Bonchev–Trinajstić information content (AvgIpc) is 2.02. The number of amidine groups is 1. The smallest absolute Gasteiger partial charge is 0.258 e. The summed E-state index contributed by atoms with van der Waals surface area (Å²) in [5, 5.41) is 6.50. The number of hydrogen-bond donors (Lipinski definition) is 0. The van der Waals surface area contributed by atoms with E-state index in [1.54, 1.807) is 0 Å². The van der Waals surface area contributed by atoms with Crippen LogP contribution < -0.4 is 0 Å². The topological polar surface area (TPSA) is 71.2 Å². The van der Waals surface area contributed by atoms with E-state index in [1.807, 2.05) is 0 Å². The summed E-state index contributed by atoms with van der Waals surface area (Å²) in [7, 11) is -2.18. The lowest BCUT2D eigenvalue weighted by Crippen LogP contribution is -2.14. The highest BCUT2D eigenvalue weighted by Gasteiger charge is 2.13. The number of halogens is 1. The molecule has 0 N–H and O–H groups in total. The molecule has 0 aromatic heterocycles. The van der Waals surface area contributed by atoms with Gasteiger partial charge in [-0.3, -0.25) is 4.99 Å². The van der Waals surface area contributed by atoms with Crippen LogP contribution >= 0.6 is 0 Å². The van der Waals surface area contributed by atoms with E-state index in [-0.39, 0.29) is 5.17 Å². The molecule has 0 spiro atoms. The monoisotopic (exact) mass is 223 g/mol. The van der Waals surface area contributed by atoms with Crippen molar-refractivity contribution in [3.63, 3.8) is 0 Å². The zero-order chi connectivity index (χ0) is 11.4. The molecule has 0 saturated heterocycles. The van der Waals surface area contributed by atoms with Gasteiger partial charge in [0.25, 0.3) is 5.17 Å². The Bertz CT molecular complexity index is 335. The summed E-state index contributed by atoms with van der Waals surface area (Å²) in [5.74, 6) is 0. The number of alkyl halides is 1. The Morgan fingerprint density at radius 3 is 2.14 bits per heavy atom. The molecule has 82 valence electrons. The summed E-state index contributed by atoms with van der Waals surface area (Å²) in [6.07, 6.45) is -0.200. The van der Waals surface area contributed by atoms with E-state index < -0.39 is 22.1 Å². The maximum absolute atomic E-state index is 12.6. The van der Waals surface area contributed by atoms with E-state index in [9.17, 15) is 12.8 Å². The lowest BCUT2D eigenvalue weighted by atomic mass is 10.2. The summed E-state index contributed by atoms with van der Waals surface area (Å²) in [6.45, 7) is 2.83. The highest BCUT2D eigenvalue weighted by molar-refractivity contribution is 8.05. The molecule has 2 unspecified atom stereocenters. The van der Waals surface area contributed by atoms with Gasteiger partial charge < -0.3 is 0 Å². The molecular weight excluding hydrogens is 209 g/mol. The minimum Gasteiger partial charge on any atom is -0.258 e. The molecule has 0 aliphatic heterocycles. The zero-order valence-electron chi connectivity index (χ0n) is 8.60. The van der Waals surface area contributed by atoms with Gasteiger partial charge in [-0.1, -0.05) is 0 Å². The summed E-state index contributed by atoms with van der Waals surface area (Å²) in [4.78, 5) is 3.44. The molecule has 0 amide bonds. The maximum Gasteiger partial charge on any atom is 0.261 e. The van der Waals surface area contributed by atoms with Crippen LogP contribution in [0.4, 0.5) is 4.39 Å². The van der Waals surface area contributed by atoms with E-state index in [0.29, 0.717) is 0 Å². The second-order valence-corrected chi connectivity index (χ2v) is 4.82.